The van der Waals surface area contributed by atoms with Gasteiger partial charge in [0.2, 0.25) is 5.91 Å². The van der Waals surface area contributed by atoms with Crippen LogP contribution in [0.25, 0.3) is 22.4 Å². The van der Waals surface area contributed by atoms with Gasteiger partial charge in [-0.05, 0) is 24.3 Å². The van der Waals surface area contributed by atoms with E-state index in [4.69, 9.17) is 4.42 Å². The highest BCUT2D eigenvalue weighted by Gasteiger charge is 2.14. The van der Waals surface area contributed by atoms with Crippen molar-refractivity contribution in [3.63, 3.8) is 0 Å². The van der Waals surface area contributed by atoms with Gasteiger partial charge in [-0.1, -0.05) is 24.3 Å². The Hall–Kier alpha value is -3.72. The van der Waals surface area contributed by atoms with Gasteiger partial charge in [-0.2, -0.15) is 0 Å². The predicted molar refractivity (Wildman–Crippen MR) is 108 cm³/mol. The second kappa shape index (κ2) is 7.72. The average molecular weight is 409 g/mol. The average Bonchev–Trinajstić information content (AvgIpc) is 3.32. The number of carbonyl (C=O) groups excluding carboxylic acids is 2. The van der Waals surface area contributed by atoms with Gasteiger partial charge < -0.3 is 14.5 Å². The number of hydrogen-bond acceptors (Lipinski definition) is 7. The molecule has 146 valence electrons. The number of hydrogen-bond donors (Lipinski definition) is 1. The number of nitrogens with zero attached hydrogens (tertiary/aromatic N) is 2. The topological polar surface area (TPSA) is 103 Å². The van der Waals surface area contributed by atoms with E-state index in [2.05, 4.69) is 15.0 Å². The molecule has 0 unspecified atom stereocenters. The van der Waals surface area contributed by atoms with Crippen molar-refractivity contribution in [2.75, 3.05) is 12.4 Å². The van der Waals surface area contributed by atoms with Crippen molar-refractivity contribution in [2.45, 2.75) is 6.54 Å². The fourth-order valence-electron chi connectivity index (χ4n) is 2.82. The lowest BCUT2D eigenvalue weighted by Gasteiger charge is -2.03. The first kappa shape index (κ1) is 18.6. The lowest BCUT2D eigenvalue weighted by atomic mass is 10.1. The van der Waals surface area contributed by atoms with E-state index < -0.39 is 11.7 Å². The van der Waals surface area contributed by atoms with Gasteiger partial charge in [-0.15, -0.1) is 11.3 Å². The van der Waals surface area contributed by atoms with Gasteiger partial charge in [0.15, 0.2) is 10.7 Å². The van der Waals surface area contributed by atoms with Gasteiger partial charge >= 0.3 is 11.7 Å². The highest BCUT2D eigenvalue weighted by molar-refractivity contribution is 7.14. The van der Waals surface area contributed by atoms with Gasteiger partial charge in [0.1, 0.15) is 6.54 Å². The zero-order valence-corrected chi connectivity index (χ0v) is 16.1. The number of aromatic nitrogens is 2. The summed E-state index contributed by atoms with van der Waals surface area (Å²) < 4.78 is 11.1. The lowest BCUT2D eigenvalue weighted by molar-refractivity contribution is -0.116. The number of thiazole rings is 1. The molecule has 8 nitrogen and oxygen atoms in total. The standard InChI is InChI=1S/C20H15N3O5S/c1-27-18(25)13-8-6-12(7-9-13)14-11-29-19(21-14)22-17(24)10-23-15-4-2-3-5-16(15)28-20(23)26/h2-9,11H,10H2,1H3,(H,21,22,24). The summed E-state index contributed by atoms with van der Waals surface area (Å²) in [6, 6.07) is 13.7. The Morgan fingerprint density at radius 2 is 1.93 bits per heavy atom. The molecule has 4 aromatic rings. The number of carbonyl (C=O) groups is 2. The second-order valence-corrected chi connectivity index (χ2v) is 6.93. The number of nitrogens with one attached hydrogen (secondary N) is 1. The second-order valence-electron chi connectivity index (χ2n) is 6.08. The van der Waals surface area contributed by atoms with Crippen molar-refractivity contribution in [1.82, 2.24) is 9.55 Å². The van der Waals surface area contributed by atoms with E-state index in [1.807, 2.05) is 0 Å². The molecular formula is C20H15N3O5S. The number of rotatable bonds is 5. The molecule has 0 bridgehead atoms. The number of benzene rings is 2. The van der Waals surface area contributed by atoms with Crippen LogP contribution in [0, 0.1) is 0 Å². The zero-order chi connectivity index (χ0) is 20.4. The quantitative estimate of drug-likeness (QED) is 0.508. The number of amides is 1. The van der Waals surface area contributed by atoms with E-state index in [9.17, 15) is 14.4 Å². The highest BCUT2D eigenvalue weighted by atomic mass is 32.1. The maximum absolute atomic E-state index is 12.4. The first-order valence-electron chi connectivity index (χ1n) is 8.57. The number of fused-ring (bicyclic) bond motifs is 1. The molecule has 0 fully saturated rings. The van der Waals surface area contributed by atoms with Crippen molar-refractivity contribution >= 4 is 39.4 Å². The van der Waals surface area contributed by atoms with Crippen LogP contribution >= 0.6 is 11.3 Å². The molecule has 0 aliphatic rings. The summed E-state index contributed by atoms with van der Waals surface area (Å²) in [5.74, 6) is -1.39. The van der Waals surface area contributed by atoms with Gasteiger partial charge in [0.05, 0.1) is 23.9 Å². The number of esters is 1. The minimum atomic E-state index is -0.591. The van der Waals surface area contributed by atoms with Crippen LogP contribution in [0.2, 0.25) is 0 Å². The SMILES string of the molecule is COC(=O)c1ccc(-c2csc(NC(=O)Cn3c(=O)oc4ccccc43)n2)cc1. The number of anilines is 1. The molecule has 9 heteroatoms. The maximum Gasteiger partial charge on any atom is 0.420 e. The Labute approximate surface area is 168 Å². The predicted octanol–water partition coefficient (Wildman–Crippen LogP) is 3.14. The van der Waals surface area contributed by atoms with Crippen molar-refractivity contribution < 1.29 is 18.7 Å². The van der Waals surface area contributed by atoms with Crippen molar-refractivity contribution in [3.05, 3.63) is 70.0 Å². The number of ether oxygens (including phenoxy) is 1. The van der Waals surface area contributed by atoms with Gasteiger partial charge in [-0.3, -0.25) is 9.36 Å². The summed E-state index contributed by atoms with van der Waals surface area (Å²) >= 11 is 1.26. The molecule has 1 amide bonds. The molecule has 2 aromatic carbocycles. The maximum atomic E-state index is 12.4. The Morgan fingerprint density at radius 1 is 1.17 bits per heavy atom. The Balaban J connectivity index is 1.47. The monoisotopic (exact) mass is 409 g/mol. The molecule has 1 N–H and O–H groups in total. The third kappa shape index (κ3) is 3.81. The Morgan fingerprint density at radius 3 is 2.69 bits per heavy atom. The lowest BCUT2D eigenvalue weighted by Crippen LogP contribution is -2.24. The summed E-state index contributed by atoms with van der Waals surface area (Å²) in [7, 11) is 1.33. The minimum Gasteiger partial charge on any atom is -0.465 e. The number of para-hydroxylation sites is 2. The van der Waals surface area contributed by atoms with Crippen LogP contribution in [0.5, 0.6) is 0 Å². The highest BCUT2D eigenvalue weighted by Crippen LogP contribution is 2.25. The van der Waals surface area contributed by atoms with Crippen molar-refractivity contribution in [3.8, 4) is 11.3 Å². The summed E-state index contributed by atoms with van der Waals surface area (Å²) in [6.45, 7) is -0.182. The molecule has 0 atom stereocenters. The molecule has 2 aromatic heterocycles. The van der Waals surface area contributed by atoms with Crippen LogP contribution < -0.4 is 11.1 Å². The molecule has 0 saturated carbocycles. The fraction of sp³-hybridized carbons (Fsp3) is 0.100. The smallest absolute Gasteiger partial charge is 0.420 e. The van der Waals surface area contributed by atoms with E-state index in [0.29, 0.717) is 27.5 Å². The van der Waals surface area contributed by atoms with Crippen LogP contribution in [0.4, 0.5) is 5.13 Å². The fourth-order valence-corrected chi connectivity index (χ4v) is 3.56. The summed E-state index contributed by atoms with van der Waals surface area (Å²) in [4.78, 5) is 40.3. The normalized spacial score (nSPS) is 10.8. The van der Waals surface area contributed by atoms with Gasteiger partial charge in [0, 0.05) is 10.9 Å². The van der Waals surface area contributed by atoms with E-state index in [-0.39, 0.29) is 12.5 Å². The van der Waals surface area contributed by atoms with Crippen LogP contribution in [0.3, 0.4) is 0 Å². The zero-order valence-electron chi connectivity index (χ0n) is 15.2. The molecule has 29 heavy (non-hydrogen) atoms. The van der Waals surface area contributed by atoms with Crippen molar-refractivity contribution in [1.29, 1.82) is 0 Å². The van der Waals surface area contributed by atoms with Crippen molar-refractivity contribution in [2.24, 2.45) is 0 Å². The van der Waals surface area contributed by atoms with Crippen LogP contribution in [0.1, 0.15) is 10.4 Å². The number of oxazole rings is 1. The summed E-state index contributed by atoms with van der Waals surface area (Å²) in [6.07, 6.45) is 0. The molecule has 4 rings (SSSR count). The van der Waals surface area contributed by atoms with E-state index in [0.717, 1.165) is 5.56 Å². The van der Waals surface area contributed by atoms with Gasteiger partial charge in [0.25, 0.3) is 0 Å². The summed E-state index contributed by atoms with van der Waals surface area (Å²) in [5, 5.41) is 4.89. The molecule has 0 radical (unpaired) electrons. The third-order valence-electron chi connectivity index (χ3n) is 4.23. The van der Waals surface area contributed by atoms with Crippen LogP contribution in [0.15, 0.2) is 63.1 Å². The molecule has 0 saturated heterocycles. The van der Waals surface area contributed by atoms with E-state index in [1.54, 1.807) is 53.9 Å². The first-order valence-corrected chi connectivity index (χ1v) is 9.45. The van der Waals surface area contributed by atoms with E-state index in [1.165, 1.54) is 23.0 Å². The molecular weight excluding hydrogens is 394 g/mol. The Kier molecular flexibility index (Phi) is 4.96. The van der Waals surface area contributed by atoms with E-state index >= 15 is 0 Å². The first-order chi connectivity index (χ1) is 14.0. The number of methoxy groups -OCH3 is 1. The summed E-state index contributed by atoms with van der Waals surface area (Å²) in [5.41, 5.74) is 2.88. The van der Waals surface area contributed by atoms with Crippen LogP contribution in [-0.4, -0.2) is 28.5 Å². The molecule has 2 heterocycles. The van der Waals surface area contributed by atoms with Gasteiger partial charge in [-0.25, -0.2) is 14.6 Å². The molecule has 0 spiro atoms. The molecule has 0 aliphatic carbocycles. The third-order valence-corrected chi connectivity index (χ3v) is 4.99. The Bertz CT molecular complexity index is 1250. The largest absolute Gasteiger partial charge is 0.465 e. The minimum absolute atomic E-state index is 0.182. The molecule has 0 aliphatic heterocycles. The van der Waals surface area contributed by atoms with Crippen LogP contribution in [-0.2, 0) is 16.1 Å².